The van der Waals surface area contributed by atoms with E-state index in [0.717, 1.165) is 64.2 Å². The number of hydrogen-bond donors (Lipinski definition) is 3. The quantitative estimate of drug-likeness (QED) is 0.0243. The molecular formula is C57H110N2O6P+. The minimum Gasteiger partial charge on any atom is -0.387 e. The Morgan fingerprint density at radius 3 is 1.26 bits per heavy atom. The van der Waals surface area contributed by atoms with Crippen molar-refractivity contribution in [3.8, 4) is 0 Å². The Morgan fingerprint density at radius 2 is 0.864 bits per heavy atom. The second kappa shape index (κ2) is 48.5. The molecule has 3 N–H and O–H groups in total. The summed E-state index contributed by atoms with van der Waals surface area (Å²) in [6.45, 7) is 4.82. The third kappa shape index (κ3) is 50.3. The molecule has 0 radical (unpaired) electrons. The van der Waals surface area contributed by atoms with Gasteiger partial charge in [-0.15, -0.1) is 0 Å². The minimum absolute atomic E-state index is 0.0578. The van der Waals surface area contributed by atoms with Crippen molar-refractivity contribution in [1.82, 2.24) is 5.32 Å². The van der Waals surface area contributed by atoms with Gasteiger partial charge >= 0.3 is 7.82 Å². The predicted octanol–water partition coefficient (Wildman–Crippen LogP) is 16.8. The summed E-state index contributed by atoms with van der Waals surface area (Å²) in [7, 11) is 1.56. The van der Waals surface area contributed by atoms with Crippen LogP contribution < -0.4 is 5.32 Å². The van der Waals surface area contributed by atoms with Gasteiger partial charge in [-0.1, -0.05) is 242 Å². The summed E-state index contributed by atoms with van der Waals surface area (Å²) in [6.07, 6.45) is 63.4. The first-order chi connectivity index (χ1) is 32.0. The van der Waals surface area contributed by atoms with E-state index in [4.69, 9.17) is 9.05 Å². The van der Waals surface area contributed by atoms with E-state index in [9.17, 15) is 19.4 Å². The van der Waals surface area contributed by atoms with Gasteiger partial charge in [0.25, 0.3) is 0 Å². The monoisotopic (exact) mass is 950 g/mol. The molecule has 0 heterocycles. The van der Waals surface area contributed by atoms with Gasteiger partial charge < -0.3 is 19.8 Å². The van der Waals surface area contributed by atoms with E-state index in [0.29, 0.717) is 17.4 Å². The van der Waals surface area contributed by atoms with Crippen molar-refractivity contribution in [1.29, 1.82) is 0 Å². The van der Waals surface area contributed by atoms with Crippen molar-refractivity contribution in [2.24, 2.45) is 0 Å². The van der Waals surface area contributed by atoms with Crippen molar-refractivity contribution in [2.45, 2.75) is 270 Å². The average molecular weight is 950 g/mol. The third-order valence-electron chi connectivity index (χ3n) is 12.5. The third-order valence-corrected chi connectivity index (χ3v) is 13.5. The molecule has 388 valence electrons. The molecule has 0 spiro atoms. The number of carbonyl (C=O) groups excluding carboxylic acids is 1. The zero-order chi connectivity index (χ0) is 48.5. The van der Waals surface area contributed by atoms with Gasteiger partial charge in [0, 0.05) is 6.42 Å². The molecule has 0 aliphatic rings. The summed E-state index contributed by atoms with van der Waals surface area (Å²) in [5.41, 5.74) is 0. The summed E-state index contributed by atoms with van der Waals surface area (Å²) < 4.78 is 23.7. The molecule has 0 saturated carbocycles. The number of hydrogen-bond acceptors (Lipinski definition) is 5. The number of nitrogens with one attached hydrogen (secondary N) is 1. The lowest BCUT2D eigenvalue weighted by Gasteiger charge is -2.25. The molecule has 66 heavy (non-hydrogen) atoms. The van der Waals surface area contributed by atoms with Crippen LogP contribution in [0.2, 0.25) is 0 Å². The number of amides is 1. The maximum Gasteiger partial charge on any atom is 0.472 e. The van der Waals surface area contributed by atoms with Gasteiger partial charge in [-0.2, -0.15) is 0 Å². The second-order valence-electron chi connectivity index (χ2n) is 20.3. The molecule has 8 nitrogen and oxygen atoms in total. The van der Waals surface area contributed by atoms with Gasteiger partial charge in [-0.05, 0) is 57.8 Å². The van der Waals surface area contributed by atoms with Gasteiger partial charge in [0.05, 0.1) is 39.9 Å². The molecule has 0 bridgehead atoms. The lowest BCUT2D eigenvalue weighted by atomic mass is 10.0. The fourth-order valence-electron chi connectivity index (χ4n) is 8.11. The molecule has 0 aromatic rings. The van der Waals surface area contributed by atoms with Gasteiger partial charge in [-0.3, -0.25) is 13.8 Å². The standard InChI is InChI=1S/C57H109N2O6P/c1-6-8-10-12-14-16-18-20-22-24-26-28-29-31-32-34-36-38-40-42-44-46-48-50-56(60)55(54-65-66(62,63)64-53-52-59(3,4)5)58-57(61)51-49-47-45-43-41-39-37-35-33-30-27-25-23-21-19-17-15-13-11-9-7-2/h19,21,25,27,33,35,48,50,55-56,60H,6-18,20,22-24,26,28-32,34,36-47,49,51-54H2,1-5H3,(H-,58,61,62,63)/p+1/b21-19-,27-25-,35-33-,50-48+. The predicted molar refractivity (Wildman–Crippen MR) is 286 cm³/mol. The van der Waals surface area contributed by atoms with Crippen LogP contribution in [-0.4, -0.2) is 73.4 Å². The minimum atomic E-state index is -4.35. The fraction of sp³-hybridized carbons (Fsp3) is 0.842. The van der Waals surface area contributed by atoms with Gasteiger partial charge in [0.2, 0.25) is 5.91 Å². The highest BCUT2D eigenvalue weighted by atomic mass is 31.2. The molecule has 0 aliphatic heterocycles. The Balaban J connectivity index is 4.28. The van der Waals surface area contributed by atoms with E-state index in [1.54, 1.807) is 6.08 Å². The number of likely N-dealkylation sites (N-methyl/N-ethyl adjacent to an activating group) is 1. The van der Waals surface area contributed by atoms with Crippen LogP contribution in [0.4, 0.5) is 0 Å². The first-order valence-electron chi connectivity index (χ1n) is 28.0. The van der Waals surface area contributed by atoms with E-state index in [1.165, 1.54) is 173 Å². The smallest absolute Gasteiger partial charge is 0.387 e. The number of allylic oxidation sites excluding steroid dienone is 7. The van der Waals surface area contributed by atoms with Crippen LogP contribution in [0.1, 0.15) is 258 Å². The lowest BCUT2D eigenvalue weighted by Crippen LogP contribution is -2.45. The zero-order valence-electron chi connectivity index (χ0n) is 44.2. The first kappa shape index (κ1) is 64.5. The maximum atomic E-state index is 13.0. The lowest BCUT2D eigenvalue weighted by molar-refractivity contribution is -0.870. The summed E-state index contributed by atoms with van der Waals surface area (Å²) in [4.78, 5) is 23.3. The Morgan fingerprint density at radius 1 is 0.515 bits per heavy atom. The van der Waals surface area contributed by atoms with E-state index in [1.807, 2.05) is 27.2 Å². The molecule has 1 amide bonds. The molecule has 0 aliphatic carbocycles. The largest absolute Gasteiger partial charge is 0.472 e. The highest BCUT2D eigenvalue weighted by molar-refractivity contribution is 7.47. The first-order valence-corrected chi connectivity index (χ1v) is 29.5. The highest BCUT2D eigenvalue weighted by Gasteiger charge is 2.27. The van der Waals surface area contributed by atoms with Crippen LogP contribution in [0.3, 0.4) is 0 Å². The van der Waals surface area contributed by atoms with Crippen molar-refractivity contribution in [2.75, 3.05) is 40.9 Å². The molecule has 3 unspecified atom stereocenters. The van der Waals surface area contributed by atoms with E-state index < -0.39 is 20.0 Å². The number of carbonyl (C=O) groups is 1. The van der Waals surface area contributed by atoms with Gasteiger partial charge in [-0.25, -0.2) is 4.57 Å². The summed E-state index contributed by atoms with van der Waals surface area (Å²) >= 11 is 0. The van der Waals surface area contributed by atoms with E-state index in [2.05, 4.69) is 55.6 Å². The van der Waals surface area contributed by atoms with Gasteiger partial charge in [0.15, 0.2) is 0 Å². The number of phosphoric acid groups is 1. The fourth-order valence-corrected chi connectivity index (χ4v) is 8.84. The Bertz CT molecular complexity index is 1210. The number of nitrogens with zero attached hydrogens (tertiary/aromatic N) is 1. The molecule has 9 heteroatoms. The topological polar surface area (TPSA) is 105 Å². The van der Waals surface area contributed by atoms with Crippen LogP contribution in [0.5, 0.6) is 0 Å². The Hall–Kier alpha value is -1.54. The van der Waals surface area contributed by atoms with Crippen molar-refractivity contribution >= 4 is 13.7 Å². The number of aliphatic hydroxyl groups is 1. The SMILES string of the molecule is CCCCCCC/C=C\C/C=C\C/C=C\CCCCCCCCC(=O)NC(COP(=O)(O)OCC[N+](C)(C)C)C(O)/C=C/CCCCCCCCCCCCCCCCCCCCCCC. The van der Waals surface area contributed by atoms with E-state index in [-0.39, 0.29) is 19.1 Å². The molecule has 3 atom stereocenters. The Kier molecular flexibility index (Phi) is 47.4. The van der Waals surface area contributed by atoms with E-state index >= 15 is 0 Å². The number of quaternary nitrogens is 1. The maximum absolute atomic E-state index is 13.0. The molecule has 0 aromatic carbocycles. The highest BCUT2D eigenvalue weighted by Crippen LogP contribution is 2.43. The number of rotatable bonds is 51. The number of phosphoric ester groups is 1. The summed E-state index contributed by atoms with van der Waals surface area (Å²) in [5, 5.41) is 13.9. The van der Waals surface area contributed by atoms with Crippen molar-refractivity contribution in [3.63, 3.8) is 0 Å². The molecule has 0 saturated heterocycles. The van der Waals surface area contributed by atoms with Crippen LogP contribution in [0, 0.1) is 0 Å². The van der Waals surface area contributed by atoms with Crippen LogP contribution in [-0.2, 0) is 18.4 Å². The molecular weight excluding hydrogens is 840 g/mol. The van der Waals surface area contributed by atoms with Gasteiger partial charge in [0.1, 0.15) is 13.2 Å². The molecule has 0 rings (SSSR count). The second-order valence-corrected chi connectivity index (χ2v) is 21.8. The number of unbranched alkanes of at least 4 members (excludes halogenated alkanes) is 32. The summed E-state index contributed by atoms with van der Waals surface area (Å²) in [6, 6.07) is -0.855. The van der Waals surface area contributed by atoms with Crippen LogP contribution in [0.25, 0.3) is 0 Å². The van der Waals surface area contributed by atoms with Crippen LogP contribution in [0.15, 0.2) is 48.6 Å². The normalized spacial score (nSPS) is 14.3. The molecule has 0 aromatic heterocycles. The van der Waals surface area contributed by atoms with Crippen LogP contribution >= 0.6 is 7.82 Å². The zero-order valence-corrected chi connectivity index (χ0v) is 45.1. The van der Waals surface area contributed by atoms with Crippen molar-refractivity contribution < 1.29 is 32.9 Å². The summed E-state index contributed by atoms with van der Waals surface area (Å²) in [5.74, 6) is -0.188. The average Bonchev–Trinajstić information content (AvgIpc) is 3.28. The van der Waals surface area contributed by atoms with Crippen molar-refractivity contribution in [3.05, 3.63) is 48.6 Å². The molecule has 0 fully saturated rings. The number of aliphatic hydroxyl groups excluding tert-OH is 1. The Labute approximate surface area is 409 Å².